The van der Waals surface area contributed by atoms with E-state index in [9.17, 15) is 14.7 Å². The summed E-state index contributed by atoms with van der Waals surface area (Å²) in [5, 5.41) is 9.23. The predicted octanol–water partition coefficient (Wildman–Crippen LogP) is 2.07. The SMILES string of the molecule is C[C@@H]1CN(C(=O)C2CC23CCc2ccccc23)C[C@H]1C(=O)O. The first kappa shape index (κ1) is 13.8. The molecule has 1 N–H and O–H groups in total. The van der Waals surface area contributed by atoms with Gasteiger partial charge in [0.25, 0.3) is 0 Å². The topological polar surface area (TPSA) is 57.6 Å². The molecule has 1 spiro atoms. The van der Waals surface area contributed by atoms with E-state index in [1.807, 2.05) is 6.92 Å². The van der Waals surface area contributed by atoms with Crippen LogP contribution >= 0.6 is 0 Å². The Balaban J connectivity index is 1.52. The standard InChI is InChI=1S/C18H21NO3/c1-11-9-19(10-13(11)17(21)22)16(20)15-8-18(15)7-6-12-4-2-3-5-14(12)18/h2-5,11,13,15H,6-10H2,1H3,(H,21,22)/t11-,13-,15?,18?/m1/s1. The van der Waals surface area contributed by atoms with E-state index in [1.165, 1.54) is 11.1 Å². The Hall–Kier alpha value is -1.84. The second-order valence-electron chi connectivity index (χ2n) is 7.24. The highest BCUT2D eigenvalue weighted by Crippen LogP contribution is 2.62. The molecule has 1 amide bonds. The summed E-state index contributed by atoms with van der Waals surface area (Å²) in [6.45, 7) is 2.90. The maximum atomic E-state index is 12.8. The number of likely N-dealkylation sites (tertiary alicyclic amines) is 1. The molecule has 0 radical (unpaired) electrons. The molecular formula is C18H21NO3. The molecule has 1 aromatic rings. The summed E-state index contributed by atoms with van der Waals surface area (Å²) in [7, 11) is 0. The van der Waals surface area contributed by atoms with Gasteiger partial charge < -0.3 is 10.0 Å². The fourth-order valence-electron chi connectivity index (χ4n) is 4.61. The number of carbonyl (C=O) groups is 2. The van der Waals surface area contributed by atoms with Gasteiger partial charge in [0.1, 0.15) is 0 Å². The third-order valence-electron chi connectivity index (χ3n) is 6.01. The van der Waals surface area contributed by atoms with Gasteiger partial charge in [0.2, 0.25) is 5.91 Å². The van der Waals surface area contributed by atoms with Crippen LogP contribution in [0.1, 0.15) is 30.9 Å². The fourth-order valence-corrected chi connectivity index (χ4v) is 4.61. The highest BCUT2D eigenvalue weighted by atomic mass is 16.4. The molecule has 4 atom stereocenters. The molecule has 0 bridgehead atoms. The summed E-state index contributed by atoms with van der Waals surface area (Å²) in [6, 6.07) is 8.46. The number of hydrogen-bond acceptors (Lipinski definition) is 2. The Bertz CT molecular complexity index is 655. The zero-order valence-electron chi connectivity index (χ0n) is 12.8. The van der Waals surface area contributed by atoms with Crippen LogP contribution in [0.4, 0.5) is 0 Å². The van der Waals surface area contributed by atoms with Gasteiger partial charge in [0.15, 0.2) is 0 Å². The van der Waals surface area contributed by atoms with Crippen molar-refractivity contribution >= 4 is 11.9 Å². The van der Waals surface area contributed by atoms with Crippen LogP contribution in [0, 0.1) is 17.8 Å². The molecule has 4 nitrogen and oxygen atoms in total. The number of hydrogen-bond donors (Lipinski definition) is 1. The number of rotatable bonds is 2. The van der Waals surface area contributed by atoms with Crippen molar-refractivity contribution in [3.63, 3.8) is 0 Å². The van der Waals surface area contributed by atoms with Gasteiger partial charge in [-0.1, -0.05) is 31.2 Å². The lowest BCUT2D eigenvalue weighted by Crippen LogP contribution is -2.33. The highest BCUT2D eigenvalue weighted by molar-refractivity contribution is 5.86. The smallest absolute Gasteiger partial charge is 0.308 e. The quantitative estimate of drug-likeness (QED) is 0.909. The number of aryl methyl sites for hydroxylation is 1. The van der Waals surface area contributed by atoms with Crippen molar-refractivity contribution in [2.24, 2.45) is 17.8 Å². The molecule has 22 heavy (non-hydrogen) atoms. The van der Waals surface area contributed by atoms with Gasteiger partial charge in [-0.05, 0) is 36.3 Å². The Kier molecular flexibility index (Phi) is 2.87. The molecular weight excluding hydrogens is 278 g/mol. The van der Waals surface area contributed by atoms with Gasteiger partial charge in [-0.2, -0.15) is 0 Å². The molecule has 1 saturated carbocycles. The summed E-state index contributed by atoms with van der Waals surface area (Å²) in [4.78, 5) is 25.9. The van der Waals surface area contributed by atoms with Crippen molar-refractivity contribution in [1.82, 2.24) is 4.90 Å². The van der Waals surface area contributed by atoms with E-state index in [-0.39, 0.29) is 23.2 Å². The maximum Gasteiger partial charge on any atom is 0.308 e. The molecule has 1 saturated heterocycles. The number of aliphatic carboxylic acids is 1. The van der Waals surface area contributed by atoms with E-state index in [1.54, 1.807) is 4.90 Å². The number of nitrogens with zero attached hydrogens (tertiary/aromatic N) is 1. The predicted molar refractivity (Wildman–Crippen MR) is 81.4 cm³/mol. The number of fused-ring (bicyclic) bond motifs is 2. The first-order chi connectivity index (χ1) is 10.5. The Morgan fingerprint density at radius 1 is 1.27 bits per heavy atom. The lowest BCUT2D eigenvalue weighted by atomic mass is 9.95. The lowest BCUT2D eigenvalue weighted by molar-refractivity contribution is -0.142. The minimum absolute atomic E-state index is 0.0482. The number of carboxylic acid groups (broad SMARTS) is 1. The molecule has 1 aliphatic heterocycles. The normalized spacial score (nSPS) is 35.7. The minimum Gasteiger partial charge on any atom is -0.481 e. The van der Waals surface area contributed by atoms with Crippen LogP contribution in [-0.4, -0.2) is 35.0 Å². The number of carbonyl (C=O) groups excluding carboxylic acids is 1. The van der Waals surface area contributed by atoms with Crippen molar-refractivity contribution in [3.05, 3.63) is 35.4 Å². The molecule has 1 aromatic carbocycles. The highest BCUT2D eigenvalue weighted by Gasteiger charge is 2.62. The van der Waals surface area contributed by atoms with Crippen LogP contribution in [0.25, 0.3) is 0 Å². The minimum atomic E-state index is -0.778. The van der Waals surface area contributed by atoms with Crippen LogP contribution in [-0.2, 0) is 21.4 Å². The van der Waals surface area contributed by atoms with Crippen molar-refractivity contribution in [2.45, 2.75) is 31.6 Å². The van der Waals surface area contributed by atoms with E-state index in [0.717, 1.165) is 19.3 Å². The van der Waals surface area contributed by atoms with Crippen molar-refractivity contribution in [3.8, 4) is 0 Å². The van der Waals surface area contributed by atoms with Crippen LogP contribution in [0.5, 0.6) is 0 Å². The lowest BCUT2D eigenvalue weighted by Gasteiger charge is -2.18. The van der Waals surface area contributed by atoms with Gasteiger partial charge in [0.05, 0.1) is 5.92 Å². The van der Waals surface area contributed by atoms with Crippen LogP contribution < -0.4 is 0 Å². The number of benzene rings is 1. The maximum absolute atomic E-state index is 12.8. The van der Waals surface area contributed by atoms with Crippen molar-refractivity contribution in [1.29, 1.82) is 0 Å². The Morgan fingerprint density at radius 2 is 2.05 bits per heavy atom. The van der Waals surface area contributed by atoms with E-state index in [0.29, 0.717) is 13.1 Å². The molecule has 3 aliphatic rings. The van der Waals surface area contributed by atoms with Crippen molar-refractivity contribution < 1.29 is 14.7 Å². The first-order valence-electron chi connectivity index (χ1n) is 8.13. The van der Waals surface area contributed by atoms with Gasteiger partial charge in [-0.15, -0.1) is 0 Å². The molecule has 4 rings (SSSR count). The molecule has 2 aliphatic carbocycles. The van der Waals surface area contributed by atoms with Gasteiger partial charge in [-0.25, -0.2) is 0 Å². The third kappa shape index (κ3) is 1.82. The Labute approximate surface area is 130 Å². The summed E-state index contributed by atoms with van der Waals surface area (Å²) in [5.74, 6) is -0.899. The molecule has 0 aromatic heterocycles. The summed E-state index contributed by atoms with van der Waals surface area (Å²) in [5.41, 5.74) is 2.80. The Morgan fingerprint density at radius 3 is 2.77 bits per heavy atom. The molecule has 2 fully saturated rings. The second kappa shape index (κ2) is 4.58. The average Bonchev–Trinajstić information content (AvgIpc) is 2.91. The van der Waals surface area contributed by atoms with E-state index >= 15 is 0 Å². The molecule has 116 valence electrons. The van der Waals surface area contributed by atoms with E-state index in [2.05, 4.69) is 24.3 Å². The first-order valence-corrected chi connectivity index (χ1v) is 8.13. The van der Waals surface area contributed by atoms with Crippen LogP contribution in [0.15, 0.2) is 24.3 Å². The number of amides is 1. The average molecular weight is 299 g/mol. The zero-order chi connectivity index (χ0) is 15.5. The second-order valence-corrected chi connectivity index (χ2v) is 7.24. The largest absolute Gasteiger partial charge is 0.481 e. The van der Waals surface area contributed by atoms with Gasteiger partial charge in [-0.3, -0.25) is 9.59 Å². The summed E-state index contributed by atoms with van der Waals surface area (Å²) < 4.78 is 0. The number of carboxylic acids is 1. The summed E-state index contributed by atoms with van der Waals surface area (Å²) >= 11 is 0. The van der Waals surface area contributed by atoms with Gasteiger partial charge in [0, 0.05) is 24.4 Å². The van der Waals surface area contributed by atoms with Crippen LogP contribution in [0.2, 0.25) is 0 Å². The monoisotopic (exact) mass is 299 g/mol. The zero-order valence-corrected chi connectivity index (χ0v) is 12.8. The van der Waals surface area contributed by atoms with Gasteiger partial charge >= 0.3 is 5.97 Å². The molecule has 2 unspecified atom stereocenters. The van der Waals surface area contributed by atoms with Crippen molar-refractivity contribution in [2.75, 3.05) is 13.1 Å². The third-order valence-corrected chi connectivity index (χ3v) is 6.01. The molecule has 4 heteroatoms. The fraction of sp³-hybridized carbons (Fsp3) is 0.556. The molecule has 1 heterocycles. The van der Waals surface area contributed by atoms with E-state index in [4.69, 9.17) is 0 Å². The summed E-state index contributed by atoms with van der Waals surface area (Å²) in [6.07, 6.45) is 3.06. The van der Waals surface area contributed by atoms with E-state index < -0.39 is 11.9 Å². The van der Waals surface area contributed by atoms with Crippen LogP contribution in [0.3, 0.4) is 0 Å².